The van der Waals surface area contributed by atoms with Crippen molar-refractivity contribution in [3.8, 4) is 0 Å². The number of hydrogen-bond donors (Lipinski definition) is 3. The van der Waals surface area contributed by atoms with Gasteiger partial charge in [0.25, 0.3) is 0 Å². The second kappa shape index (κ2) is 5.55. The van der Waals surface area contributed by atoms with E-state index < -0.39 is 22.0 Å². The van der Waals surface area contributed by atoms with Crippen molar-refractivity contribution < 1.29 is 13.2 Å². The smallest absolute Gasteiger partial charge is 0.241 e. The zero-order chi connectivity index (χ0) is 13.9. The second-order valence-electron chi connectivity index (χ2n) is 3.85. The molecule has 0 aliphatic rings. The molecule has 18 heavy (non-hydrogen) atoms. The minimum Gasteiger partial charge on any atom is -0.323 e. The maximum Gasteiger partial charge on any atom is 0.241 e. The molecule has 0 spiro atoms. The van der Waals surface area contributed by atoms with E-state index in [0.717, 1.165) is 6.26 Å². The third-order valence-electron chi connectivity index (χ3n) is 1.94. The van der Waals surface area contributed by atoms with E-state index in [1.165, 1.54) is 25.1 Å². The van der Waals surface area contributed by atoms with Gasteiger partial charge in [0, 0.05) is 0 Å². The highest BCUT2D eigenvalue weighted by Crippen LogP contribution is 2.26. The number of halogens is 1. The lowest BCUT2D eigenvalue weighted by Crippen LogP contribution is -2.32. The lowest BCUT2D eigenvalue weighted by Gasteiger charge is -2.11. The summed E-state index contributed by atoms with van der Waals surface area (Å²) in [6, 6.07) is 3.70. The predicted octanol–water partition coefficient (Wildman–Crippen LogP) is 0.997. The zero-order valence-corrected chi connectivity index (χ0v) is 11.5. The van der Waals surface area contributed by atoms with E-state index in [1.54, 1.807) is 0 Å². The SMILES string of the molecule is C[C@H](N)C(=O)Nc1cc(NS(C)(=O)=O)ccc1Cl. The van der Waals surface area contributed by atoms with Gasteiger partial charge < -0.3 is 11.1 Å². The van der Waals surface area contributed by atoms with Crippen molar-refractivity contribution in [2.24, 2.45) is 5.73 Å². The number of nitrogens with two attached hydrogens (primary N) is 1. The van der Waals surface area contributed by atoms with Crippen molar-refractivity contribution in [3.63, 3.8) is 0 Å². The summed E-state index contributed by atoms with van der Waals surface area (Å²) in [5, 5.41) is 2.80. The summed E-state index contributed by atoms with van der Waals surface area (Å²) in [5.74, 6) is -0.409. The first-order chi connectivity index (χ1) is 8.19. The summed E-state index contributed by atoms with van der Waals surface area (Å²) in [5.41, 5.74) is 6.01. The summed E-state index contributed by atoms with van der Waals surface area (Å²) in [6.45, 7) is 1.53. The number of nitrogens with one attached hydrogen (secondary N) is 2. The van der Waals surface area contributed by atoms with Gasteiger partial charge in [-0.1, -0.05) is 11.6 Å². The summed E-state index contributed by atoms with van der Waals surface area (Å²) in [7, 11) is -3.38. The van der Waals surface area contributed by atoms with Crippen LogP contribution in [-0.4, -0.2) is 26.6 Å². The predicted molar refractivity (Wildman–Crippen MR) is 72.2 cm³/mol. The van der Waals surface area contributed by atoms with Gasteiger partial charge in [-0.25, -0.2) is 8.42 Å². The van der Waals surface area contributed by atoms with Crippen LogP contribution >= 0.6 is 11.6 Å². The maximum absolute atomic E-state index is 11.4. The molecule has 1 aromatic carbocycles. The first-order valence-electron chi connectivity index (χ1n) is 5.03. The zero-order valence-electron chi connectivity index (χ0n) is 9.90. The Morgan fingerprint density at radius 1 is 1.44 bits per heavy atom. The number of benzene rings is 1. The third-order valence-corrected chi connectivity index (χ3v) is 2.88. The molecule has 0 saturated carbocycles. The van der Waals surface area contributed by atoms with E-state index in [2.05, 4.69) is 10.0 Å². The standard InChI is InChI=1S/C10H14ClN3O3S/c1-6(12)10(15)13-9-5-7(3-4-8(9)11)14-18(2,16)17/h3-6,14H,12H2,1-2H3,(H,13,15)/t6-/m0/s1. The molecule has 1 atom stereocenters. The largest absolute Gasteiger partial charge is 0.323 e. The number of carbonyl (C=O) groups is 1. The van der Waals surface area contributed by atoms with Crippen LogP contribution in [0.1, 0.15) is 6.92 Å². The van der Waals surface area contributed by atoms with Crippen molar-refractivity contribution >= 4 is 38.9 Å². The highest BCUT2D eigenvalue weighted by molar-refractivity contribution is 7.92. The first kappa shape index (κ1) is 14.7. The summed E-state index contributed by atoms with van der Waals surface area (Å²) in [4.78, 5) is 11.4. The molecular weight excluding hydrogens is 278 g/mol. The van der Waals surface area contributed by atoms with E-state index in [9.17, 15) is 13.2 Å². The monoisotopic (exact) mass is 291 g/mol. The minimum absolute atomic E-state index is 0.294. The van der Waals surface area contributed by atoms with Gasteiger partial charge in [-0.05, 0) is 25.1 Å². The Balaban J connectivity index is 2.98. The van der Waals surface area contributed by atoms with Crippen molar-refractivity contribution in [2.45, 2.75) is 13.0 Å². The van der Waals surface area contributed by atoms with Crippen LogP contribution in [-0.2, 0) is 14.8 Å². The highest BCUT2D eigenvalue weighted by Gasteiger charge is 2.11. The molecule has 1 rings (SSSR count). The molecule has 4 N–H and O–H groups in total. The number of sulfonamides is 1. The molecule has 100 valence electrons. The molecular formula is C10H14ClN3O3S. The van der Waals surface area contributed by atoms with Gasteiger partial charge in [0.15, 0.2) is 0 Å². The molecule has 8 heteroatoms. The summed E-state index contributed by atoms with van der Waals surface area (Å²) >= 11 is 5.88. The lowest BCUT2D eigenvalue weighted by atomic mass is 10.2. The van der Waals surface area contributed by atoms with Crippen LogP contribution in [0.5, 0.6) is 0 Å². The number of carbonyl (C=O) groups excluding carboxylic acids is 1. The molecule has 0 fully saturated rings. The average molecular weight is 292 g/mol. The quantitative estimate of drug-likeness (QED) is 0.770. The number of rotatable bonds is 4. The Morgan fingerprint density at radius 3 is 2.56 bits per heavy atom. The molecule has 0 aliphatic carbocycles. The topological polar surface area (TPSA) is 101 Å². The average Bonchev–Trinajstić information content (AvgIpc) is 2.20. The van der Waals surface area contributed by atoms with Gasteiger partial charge >= 0.3 is 0 Å². The van der Waals surface area contributed by atoms with Crippen LogP contribution < -0.4 is 15.8 Å². The molecule has 6 nitrogen and oxygen atoms in total. The number of hydrogen-bond acceptors (Lipinski definition) is 4. The van der Waals surface area contributed by atoms with Crippen molar-refractivity contribution in [1.29, 1.82) is 0 Å². The van der Waals surface area contributed by atoms with E-state index in [0.29, 0.717) is 16.4 Å². The van der Waals surface area contributed by atoms with Crippen LogP contribution in [0.25, 0.3) is 0 Å². The lowest BCUT2D eigenvalue weighted by molar-refractivity contribution is -0.117. The molecule has 0 aromatic heterocycles. The van der Waals surface area contributed by atoms with Crippen molar-refractivity contribution in [1.82, 2.24) is 0 Å². The Kier molecular flexibility index (Phi) is 4.55. The normalized spacial score (nSPS) is 12.9. The Morgan fingerprint density at radius 2 is 2.06 bits per heavy atom. The Labute approximate surface area is 111 Å². The molecule has 0 radical (unpaired) electrons. The fourth-order valence-corrected chi connectivity index (χ4v) is 1.87. The fraction of sp³-hybridized carbons (Fsp3) is 0.300. The summed E-state index contributed by atoms with van der Waals surface area (Å²) < 4.78 is 24.4. The molecule has 0 bridgehead atoms. The van der Waals surface area contributed by atoms with E-state index in [-0.39, 0.29) is 0 Å². The van der Waals surface area contributed by atoms with Crippen molar-refractivity contribution in [3.05, 3.63) is 23.2 Å². The number of anilines is 2. The first-order valence-corrected chi connectivity index (χ1v) is 7.30. The van der Waals surface area contributed by atoms with Crippen LogP contribution in [0.4, 0.5) is 11.4 Å². The number of amides is 1. The molecule has 0 aliphatic heterocycles. The molecule has 0 saturated heterocycles. The minimum atomic E-state index is -3.38. The van der Waals surface area contributed by atoms with Gasteiger partial charge in [0.2, 0.25) is 15.9 Å². The van der Waals surface area contributed by atoms with Crippen LogP contribution in [0.15, 0.2) is 18.2 Å². The molecule has 1 amide bonds. The van der Waals surface area contributed by atoms with Crippen molar-refractivity contribution in [2.75, 3.05) is 16.3 Å². The van der Waals surface area contributed by atoms with E-state index >= 15 is 0 Å². The van der Waals surface area contributed by atoms with E-state index in [1.807, 2.05) is 0 Å². The Bertz CT molecular complexity index is 557. The molecule has 0 heterocycles. The Hall–Kier alpha value is -1.31. The van der Waals surface area contributed by atoms with Gasteiger partial charge in [0.05, 0.1) is 28.7 Å². The highest BCUT2D eigenvalue weighted by atomic mass is 35.5. The van der Waals surface area contributed by atoms with Gasteiger partial charge in [-0.15, -0.1) is 0 Å². The molecule has 1 aromatic rings. The third kappa shape index (κ3) is 4.52. The van der Waals surface area contributed by atoms with Gasteiger partial charge in [-0.2, -0.15) is 0 Å². The fourth-order valence-electron chi connectivity index (χ4n) is 1.15. The summed E-state index contributed by atoms with van der Waals surface area (Å²) in [6.07, 6.45) is 1.03. The maximum atomic E-state index is 11.4. The second-order valence-corrected chi connectivity index (χ2v) is 6.00. The van der Waals surface area contributed by atoms with Gasteiger partial charge in [0.1, 0.15) is 0 Å². The van der Waals surface area contributed by atoms with Crippen LogP contribution in [0.3, 0.4) is 0 Å². The van der Waals surface area contributed by atoms with Gasteiger partial charge in [-0.3, -0.25) is 9.52 Å². The van der Waals surface area contributed by atoms with E-state index in [4.69, 9.17) is 17.3 Å². The van der Waals surface area contributed by atoms with Crippen LogP contribution in [0.2, 0.25) is 5.02 Å². The van der Waals surface area contributed by atoms with Crippen LogP contribution in [0, 0.1) is 0 Å². The molecule has 0 unspecified atom stereocenters.